The molecule has 0 N–H and O–H groups in total. The molecule has 8 nitrogen and oxygen atoms in total. The second-order valence-electron chi connectivity index (χ2n) is 4.64. The van der Waals surface area contributed by atoms with Crippen LogP contribution < -0.4 is 0 Å². The van der Waals surface area contributed by atoms with Crippen molar-refractivity contribution in [1.82, 2.24) is 15.0 Å². The number of ketones is 1. The van der Waals surface area contributed by atoms with Gasteiger partial charge in [-0.15, -0.1) is 5.10 Å². The highest BCUT2D eigenvalue weighted by atomic mass is 16.5. The van der Waals surface area contributed by atoms with E-state index in [2.05, 4.69) is 15.0 Å². The number of rotatable bonds is 5. The molecule has 0 bridgehead atoms. The lowest BCUT2D eigenvalue weighted by molar-refractivity contribution is -0.139. The predicted molar refractivity (Wildman–Crippen MR) is 78.4 cm³/mol. The van der Waals surface area contributed by atoms with E-state index in [1.165, 1.54) is 25.8 Å². The van der Waals surface area contributed by atoms with Gasteiger partial charge in [0.25, 0.3) is 0 Å². The average molecular weight is 317 g/mol. The first-order valence-electron chi connectivity index (χ1n) is 6.69. The predicted octanol–water partition coefficient (Wildman–Crippen LogP) is 0.972. The summed E-state index contributed by atoms with van der Waals surface area (Å²) in [6.07, 6.45) is -0.202. The van der Waals surface area contributed by atoms with Crippen LogP contribution in [0.1, 0.15) is 33.5 Å². The van der Waals surface area contributed by atoms with E-state index in [-0.39, 0.29) is 23.6 Å². The van der Waals surface area contributed by atoms with E-state index in [9.17, 15) is 14.4 Å². The van der Waals surface area contributed by atoms with Crippen LogP contribution in [0.2, 0.25) is 0 Å². The second-order valence-corrected chi connectivity index (χ2v) is 4.64. The van der Waals surface area contributed by atoms with Gasteiger partial charge >= 0.3 is 11.9 Å². The lowest BCUT2D eigenvalue weighted by Gasteiger charge is -2.06. The average Bonchev–Trinajstić information content (AvgIpc) is 2.97. The van der Waals surface area contributed by atoms with Crippen molar-refractivity contribution < 1.29 is 23.9 Å². The number of methoxy groups -OCH3 is 2. The van der Waals surface area contributed by atoms with Gasteiger partial charge in [-0.3, -0.25) is 9.59 Å². The maximum Gasteiger partial charge on any atom is 0.358 e. The molecule has 0 unspecified atom stereocenters. The number of aromatic nitrogens is 3. The summed E-state index contributed by atoms with van der Waals surface area (Å²) < 4.78 is 10.6. The molecule has 0 saturated heterocycles. The number of carbonyl (C=O) groups is 3. The Morgan fingerprint density at radius 3 is 2.26 bits per heavy atom. The van der Waals surface area contributed by atoms with E-state index in [0.717, 1.165) is 0 Å². The summed E-state index contributed by atoms with van der Waals surface area (Å²) in [5.41, 5.74) is 1.23. The second kappa shape index (κ2) is 6.82. The maximum atomic E-state index is 12.0. The third-order valence-corrected chi connectivity index (χ3v) is 3.18. The summed E-state index contributed by atoms with van der Waals surface area (Å²) in [5.74, 6) is -1.30. The van der Waals surface area contributed by atoms with Crippen molar-refractivity contribution in [2.75, 3.05) is 14.2 Å². The van der Waals surface area contributed by atoms with Crippen molar-refractivity contribution in [2.24, 2.45) is 0 Å². The number of hydrogen-bond acceptors (Lipinski definition) is 7. The minimum Gasteiger partial charge on any atom is -0.469 e. The smallest absolute Gasteiger partial charge is 0.358 e. The zero-order valence-electron chi connectivity index (χ0n) is 12.9. The molecular formula is C15H15N3O5. The fourth-order valence-corrected chi connectivity index (χ4v) is 1.96. The monoisotopic (exact) mass is 317 g/mol. The molecule has 0 atom stereocenters. The molecule has 0 aliphatic rings. The third-order valence-electron chi connectivity index (χ3n) is 3.18. The van der Waals surface area contributed by atoms with Gasteiger partial charge in [0, 0.05) is 5.56 Å². The minimum atomic E-state index is -0.676. The van der Waals surface area contributed by atoms with Crippen LogP contribution in [0.25, 0.3) is 5.69 Å². The van der Waals surface area contributed by atoms with Crippen LogP contribution in [-0.4, -0.2) is 46.9 Å². The first kappa shape index (κ1) is 16.3. The number of hydrogen-bond donors (Lipinski definition) is 0. The van der Waals surface area contributed by atoms with Gasteiger partial charge < -0.3 is 9.47 Å². The normalized spacial score (nSPS) is 10.2. The molecule has 0 saturated carbocycles. The van der Waals surface area contributed by atoms with Crippen LogP contribution in [0.3, 0.4) is 0 Å². The highest BCUT2D eigenvalue weighted by Gasteiger charge is 2.24. The van der Waals surface area contributed by atoms with E-state index in [4.69, 9.17) is 4.74 Å². The third kappa shape index (κ3) is 3.42. The molecular weight excluding hydrogens is 302 g/mol. The molecule has 8 heteroatoms. The van der Waals surface area contributed by atoms with Gasteiger partial charge in [-0.2, -0.15) is 0 Å². The van der Waals surface area contributed by atoms with Crippen molar-refractivity contribution in [2.45, 2.75) is 13.3 Å². The molecule has 0 amide bonds. The topological polar surface area (TPSA) is 100 Å². The zero-order valence-corrected chi connectivity index (χ0v) is 12.9. The van der Waals surface area contributed by atoms with Crippen molar-refractivity contribution in [3.05, 3.63) is 41.2 Å². The Balaban J connectivity index is 2.47. The number of esters is 2. The van der Waals surface area contributed by atoms with Crippen LogP contribution in [0, 0.1) is 0 Å². The Labute approximate surface area is 132 Å². The van der Waals surface area contributed by atoms with Crippen LogP contribution in [-0.2, 0) is 20.7 Å². The van der Waals surface area contributed by atoms with Crippen LogP contribution >= 0.6 is 0 Å². The fraction of sp³-hybridized carbons (Fsp3) is 0.267. The molecule has 2 aromatic rings. The Hall–Kier alpha value is -3.03. The van der Waals surface area contributed by atoms with E-state index in [0.29, 0.717) is 11.3 Å². The largest absolute Gasteiger partial charge is 0.469 e. The van der Waals surface area contributed by atoms with Gasteiger partial charge in [0.1, 0.15) is 5.69 Å². The summed E-state index contributed by atoms with van der Waals surface area (Å²) in [4.78, 5) is 34.7. The molecule has 2 rings (SSSR count). The van der Waals surface area contributed by atoms with Gasteiger partial charge in [-0.25, -0.2) is 9.48 Å². The standard InChI is InChI=1S/C15H15N3O5/c1-9(19)10-4-6-11(7-5-10)18-14(15(21)23-3)12(16-17-18)8-13(20)22-2/h4-7H,8H2,1-3H3. The first-order chi connectivity index (χ1) is 11.0. The summed E-state index contributed by atoms with van der Waals surface area (Å²) in [6, 6.07) is 6.47. The van der Waals surface area contributed by atoms with E-state index >= 15 is 0 Å². The molecule has 0 radical (unpaired) electrons. The number of carbonyl (C=O) groups excluding carboxylic acids is 3. The lowest BCUT2D eigenvalue weighted by atomic mass is 10.1. The van der Waals surface area contributed by atoms with Gasteiger partial charge in [0.15, 0.2) is 11.5 Å². The summed E-state index contributed by atoms with van der Waals surface area (Å²) in [5, 5.41) is 7.74. The first-order valence-corrected chi connectivity index (χ1v) is 6.69. The SMILES string of the molecule is COC(=O)Cc1nnn(-c2ccc(C(C)=O)cc2)c1C(=O)OC. The van der Waals surface area contributed by atoms with Crippen LogP contribution in [0.4, 0.5) is 0 Å². The molecule has 1 aromatic heterocycles. The van der Waals surface area contributed by atoms with E-state index in [1.807, 2.05) is 0 Å². The maximum absolute atomic E-state index is 12.0. The highest BCUT2D eigenvalue weighted by Crippen LogP contribution is 2.16. The van der Waals surface area contributed by atoms with Gasteiger partial charge in [-0.1, -0.05) is 5.21 Å². The Kier molecular flexibility index (Phi) is 4.85. The Morgan fingerprint density at radius 1 is 1.09 bits per heavy atom. The Morgan fingerprint density at radius 2 is 1.74 bits per heavy atom. The van der Waals surface area contributed by atoms with Crippen LogP contribution in [0.5, 0.6) is 0 Å². The summed E-state index contributed by atoms with van der Waals surface area (Å²) >= 11 is 0. The molecule has 0 fully saturated rings. The zero-order chi connectivity index (χ0) is 17.0. The quantitative estimate of drug-likeness (QED) is 0.598. The van der Waals surface area contributed by atoms with Crippen molar-refractivity contribution in [3.63, 3.8) is 0 Å². The van der Waals surface area contributed by atoms with E-state index in [1.54, 1.807) is 24.3 Å². The summed E-state index contributed by atoms with van der Waals surface area (Å²) in [7, 11) is 2.46. The molecule has 0 spiro atoms. The molecule has 120 valence electrons. The molecule has 0 aliphatic heterocycles. The number of benzene rings is 1. The van der Waals surface area contributed by atoms with Gasteiger partial charge in [-0.05, 0) is 31.2 Å². The highest BCUT2D eigenvalue weighted by molar-refractivity contribution is 5.94. The number of nitrogens with zero attached hydrogens (tertiary/aromatic N) is 3. The molecule has 1 heterocycles. The summed E-state index contributed by atoms with van der Waals surface area (Å²) in [6.45, 7) is 1.46. The lowest BCUT2D eigenvalue weighted by Crippen LogP contribution is -2.15. The Bertz CT molecular complexity index is 749. The van der Waals surface area contributed by atoms with E-state index < -0.39 is 11.9 Å². The van der Waals surface area contributed by atoms with Crippen LogP contribution in [0.15, 0.2) is 24.3 Å². The molecule has 1 aromatic carbocycles. The van der Waals surface area contributed by atoms with Crippen molar-refractivity contribution >= 4 is 17.7 Å². The molecule has 23 heavy (non-hydrogen) atoms. The fourth-order valence-electron chi connectivity index (χ4n) is 1.96. The minimum absolute atomic E-state index is 0.0356. The number of Topliss-reactive ketones (excluding diaryl/α,β-unsaturated/α-hetero) is 1. The molecule has 0 aliphatic carbocycles. The van der Waals surface area contributed by atoms with Gasteiger partial charge in [0.2, 0.25) is 0 Å². The van der Waals surface area contributed by atoms with Gasteiger partial charge in [0.05, 0.1) is 26.3 Å². The van der Waals surface area contributed by atoms with Crippen molar-refractivity contribution in [1.29, 1.82) is 0 Å². The van der Waals surface area contributed by atoms with Crippen molar-refractivity contribution in [3.8, 4) is 5.69 Å². The number of ether oxygens (including phenoxy) is 2.